The zero-order chi connectivity index (χ0) is 16.3. The number of carboxylic acid groups (broad SMARTS) is 1. The van der Waals surface area contributed by atoms with Gasteiger partial charge in [-0.3, -0.25) is 0 Å². The van der Waals surface area contributed by atoms with Gasteiger partial charge >= 0.3 is 13.1 Å². The second kappa shape index (κ2) is 6.69. The Morgan fingerprint density at radius 3 is 2.86 bits per heavy atom. The quantitative estimate of drug-likeness (QED) is 0.269. The number of aromatic carboxylic acids is 1. The Morgan fingerprint density at radius 2 is 2.23 bits per heavy atom. The first-order valence-electron chi connectivity index (χ1n) is 6.87. The molecule has 118 valence electrons. The van der Waals surface area contributed by atoms with Crippen molar-refractivity contribution < 1.29 is 19.6 Å². The first-order valence-corrected chi connectivity index (χ1v) is 6.87. The number of carboxylic acids is 1. The molecule has 0 aromatic heterocycles. The van der Waals surface area contributed by atoms with Crippen LogP contribution >= 0.6 is 0 Å². The molecule has 0 bridgehead atoms. The second-order valence-corrected chi connectivity index (χ2v) is 5.00. The molecule has 1 aromatic rings. The fraction of sp³-hybridized carbons (Fsp3) is 0.308. The third kappa shape index (κ3) is 3.33. The average Bonchev–Trinajstić information content (AvgIpc) is 2.45. The number of fused-ring (bicyclic) bond motifs is 1. The van der Waals surface area contributed by atoms with Crippen molar-refractivity contribution in [3.05, 3.63) is 35.0 Å². The molecule has 8 nitrogen and oxygen atoms in total. The lowest BCUT2D eigenvalue weighted by Crippen LogP contribution is -2.32. The van der Waals surface area contributed by atoms with Crippen LogP contribution in [0.25, 0.3) is 5.70 Å². The van der Waals surface area contributed by atoms with E-state index in [2.05, 4.69) is 0 Å². The van der Waals surface area contributed by atoms with E-state index in [1.165, 1.54) is 11.2 Å². The van der Waals surface area contributed by atoms with Crippen LogP contribution < -0.4 is 22.0 Å². The minimum absolute atomic E-state index is 0.0776. The van der Waals surface area contributed by atoms with Crippen LogP contribution in [0, 0.1) is 0 Å². The first-order chi connectivity index (χ1) is 10.4. The van der Waals surface area contributed by atoms with Crippen LogP contribution in [0.5, 0.6) is 5.75 Å². The van der Waals surface area contributed by atoms with Gasteiger partial charge in [-0.2, -0.15) is 0 Å². The maximum atomic E-state index is 11.6. The molecule has 1 aromatic carbocycles. The zero-order valence-corrected chi connectivity index (χ0v) is 12.0. The minimum Gasteiger partial charge on any atom is -0.535 e. The van der Waals surface area contributed by atoms with E-state index in [9.17, 15) is 14.9 Å². The molecule has 0 aliphatic carbocycles. The predicted molar refractivity (Wildman–Crippen MR) is 82.6 cm³/mol. The number of aryl methyl sites for hydroxylation is 1. The molecule has 1 aliphatic heterocycles. The number of hydrogen-bond donors (Lipinski definition) is 5. The van der Waals surface area contributed by atoms with E-state index in [0.717, 1.165) is 5.56 Å². The number of benzene rings is 1. The van der Waals surface area contributed by atoms with Crippen LogP contribution in [-0.2, 0) is 6.42 Å². The lowest BCUT2D eigenvalue weighted by atomic mass is 9.78. The summed E-state index contributed by atoms with van der Waals surface area (Å²) in [4.78, 5) is 11.6. The molecule has 0 amide bonds. The largest absolute Gasteiger partial charge is 0.535 e. The first kappa shape index (κ1) is 16.2. The van der Waals surface area contributed by atoms with Crippen molar-refractivity contribution in [3.8, 4) is 5.75 Å². The standard InChI is InChI=1S/C13H19BN4O4/c15-5-6-18(17)7-10(16)9-2-1-8-3-4-14(21)22-12(8)11(9)13(19)20/h1-2,7,21H,3-6,15-17H2,(H,19,20)/b10-7-. The molecule has 0 fully saturated rings. The van der Waals surface area contributed by atoms with Crippen molar-refractivity contribution in [2.75, 3.05) is 13.1 Å². The third-order valence-corrected chi connectivity index (χ3v) is 3.37. The summed E-state index contributed by atoms with van der Waals surface area (Å²) < 4.78 is 5.29. The van der Waals surface area contributed by atoms with E-state index in [-0.39, 0.29) is 22.6 Å². The summed E-state index contributed by atoms with van der Waals surface area (Å²) in [5.41, 5.74) is 12.5. The monoisotopic (exact) mass is 306 g/mol. The van der Waals surface area contributed by atoms with Gasteiger partial charge in [0.05, 0.1) is 5.70 Å². The van der Waals surface area contributed by atoms with E-state index >= 15 is 0 Å². The highest BCUT2D eigenvalue weighted by Gasteiger charge is 2.29. The molecular weight excluding hydrogens is 287 g/mol. The Bertz CT molecular complexity index is 608. The van der Waals surface area contributed by atoms with Gasteiger partial charge < -0.3 is 31.3 Å². The van der Waals surface area contributed by atoms with Gasteiger partial charge in [0.15, 0.2) is 0 Å². The predicted octanol–water partition coefficient (Wildman–Crippen LogP) is -0.808. The molecule has 0 unspecified atom stereocenters. The molecule has 1 heterocycles. The summed E-state index contributed by atoms with van der Waals surface area (Å²) >= 11 is 0. The molecule has 8 N–H and O–H groups in total. The van der Waals surface area contributed by atoms with Gasteiger partial charge in [0, 0.05) is 24.9 Å². The molecule has 0 saturated carbocycles. The van der Waals surface area contributed by atoms with Gasteiger partial charge in [0.1, 0.15) is 11.3 Å². The smallest absolute Gasteiger partial charge is 0.522 e. The van der Waals surface area contributed by atoms with Crippen LogP contribution in [0.2, 0.25) is 6.32 Å². The Labute approximate surface area is 128 Å². The number of rotatable bonds is 5. The highest BCUT2D eigenvalue weighted by molar-refractivity contribution is 6.44. The fourth-order valence-electron chi connectivity index (χ4n) is 2.35. The van der Waals surface area contributed by atoms with Crippen molar-refractivity contribution in [1.29, 1.82) is 0 Å². The van der Waals surface area contributed by atoms with Crippen LogP contribution in [0.15, 0.2) is 18.3 Å². The molecule has 0 radical (unpaired) electrons. The fourth-order valence-corrected chi connectivity index (χ4v) is 2.35. The molecule has 0 spiro atoms. The highest BCUT2D eigenvalue weighted by atomic mass is 16.5. The van der Waals surface area contributed by atoms with Gasteiger partial charge in [-0.25, -0.2) is 10.6 Å². The molecular formula is C13H19BN4O4. The number of nitrogens with two attached hydrogens (primary N) is 3. The summed E-state index contributed by atoms with van der Waals surface area (Å²) in [5, 5.41) is 20.4. The number of hydrazine groups is 1. The molecule has 0 atom stereocenters. The van der Waals surface area contributed by atoms with Gasteiger partial charge in [-0.15, -0.1) is 0 Å². The van der Waals surface area contributed by atoms with Crippen LogP contribution in [0.4, 0.5) is 0 Å². The van der Waals surface area contributed by atoms with Crippen LogP contribution in [0.1, 0.15) is 21.5 Å². The number of carbonyl (C=O) groups is 1. The third-order valence-electron chi connectivity index (χ3n) is 3.37. The van der Waals surface area contributed by atoms with Gasteiger partial charge in [-0.05, 0) is 18.3 Å². The Kier molecular flexibility index (Phi) is 4.91. The van der Waals surface area contributed by atoms with E-state index in [1.54, 1.807) is 12.1 Å². The van der Waals surface area contributed by atoms with Crippen molar-refractivity contribution >= 4 is 18.8 Å². The molecule has 0 saturated heterocycles. The lowest BCUT2D eigenvalue weighted by molar-refractivity contribution is 0.0694. The van der Waals surface area contributed by atoms with Crippen molar-refractivity contribution in [2.24, 2.45) is 17.3 Å². The van der Waals surface area contributed by atoms with Crippen LogP contribution in [0.3, 0.4) is 0 Å². The maximum Gasteiger partial charge on any atom is 0.522 e. The maximum absolute atomic E-state index is 11.6. The molecule has 1 aliphatic rings. The summed E-state index contributed by atoms with van der Waals surface area (Å²) in [6.45, 7) is 0.717. The molecule has 22 heavy (non-hydrogen) atoms. The average molecular weight is 306 g/mol. The van der Waals surface area contributed by atoms with Gasteiger partial charge in [0.25, 0.3) is 0 Å². The summed E-state index contributed by atoms with van der Waals surface area (Å²) in [5.74, 6) is 4.66. The van der Waals surface area contributed by atoms with E-state index in [1.807, 2.05) is 0 Å². The zero-order valence-electron chi connectivity index (χ0n) is 12.0. The molecule has 9 heteroatoms. The highest BCUT2D eigenvalue weighted by Crippen LogP contribution is 2.34. The number of hydrogen-bond acceptors (Lipinski definition) is 7. The lowest BCUT2D eigenvalue weighted by Gasteiger charge is -2.23. The van der Waals surface area contributed by atoms with E-state index in [4.69, 9.17) is 22.0 Å². The second-order valence-electron chi connectivity index (χ2n) is 5.00. The van der Waals surface area contributed by atoms with Gasteiger partial charge in [0.2, 0.25) is 0 Å². The summed E-state index contributed by atoms with van der Waals surface area (Å²) in [6.07, 6.45) is 2.38. The molecule has 2 rings (SSSR count). The van der Waals surface area contributed by atoms with E-state index < -0.39 is 13.1 Å². The normalized spacial score (nSPS) is 14.3. The summed E-state index contributed by atoms with van der Waals surface area (Å²) in [6, 6.07) is 3.36. The minimum atomic E-state index is -1.18. The van der Waals surface area contributed by atoms with E-state index in [0.29, 0.717) is 25.8 Å². The Balaban J connectivity index is 2.48. The summed E-state index contributed by atoms with van der Waals surface area (Å²) in [7, 11) is -1.02. The van der Waals surface area contributed by atoms with Crippen molar-refractivity contribution in [3.63, 3.8) is 0 Å². The van der Waals surface area contributed by atoms with Gasteiger partial charge in [-0.1, -0.05) is 12.1 Å². The Hall–Kier alpha value is -2.23. The Morgan fingerprint density at radius 1 is 1.50 bits per heavy atom. The van der Waals surface area contributed by atoms with Crippen molar-refractivity contribution in [2.45, 2.75) is 12.7 Å². The van der Waals surface area contributed by atoms with Crippen LogP contribution in [-0.4, -0.2) is 41.3 Å². The SMILES string of the molecule is NCCN(N)/C=C(\N)c1ccc2c(c1C(=O)O)OB(O)CC2. The topological polar surface area (TPSA) is 148 Å². The van der Waals surface area contributed by atoms with Crippen molar-refractivity contribution in [1.82, 2.24) is 5.01 Å². The number of nitrogens with zero attached hydrogens (tertiary/aromatic N) is 1.